The van der Waals surface area contributed by atoms with Crippen molar-refractivity contribution in [2.45, 2.75) is 25.1 Å². The van der Waals surface area contributed by atoms with Crippen molar-refractivity contribution in [2.75, 3.05) is 26.2 Å². The minimum absolute atomic E-state index is 0.363. The van der Waals surface area contributed by atoms with Crippen molar-refractivity contribution in [1.29, 1.82) is 0 Å². The number of piperidine rings is 1. The molecule has 2 nitrogen and oxygen atoms in total. The van der Waals surface area contributed by atoms with E-state index in [4.69, 9.17) is 16.3 Å². The molecule has 1 aliphatic heterocycles. The molecule has 0 bridgehead atoms. The molecule has 0 radical (unpaired) electrons. The minimum atomic E-state index is 0.363. The van der Waals surface area contributed by atoms with Gasteiger partial charge in [0.25, 0.3) is 0 Å². The number of ether oxygens (including phenoxy) is 1. The Balaban J connectivity index is 1.61. The van der Waals surface area contributed by atoms with E-state index in [1.807, 2.05) is 30.3 Å². The van der Waals surface area contributed by atoms with Crippen molar-refractivity contribution < 1.29 is 4.74 Å². The highest BCUT2D eigenvalue weighted by molar-refractivity contribution is 6.20. The zero-order chi connectivity index (χ0) is 12.8. The lowest BCUT2D eigenvalue weighted by Gasteiger charge is -2.33. The molecule has 1 heterocycles. The van der Waals surface area contributed by atoms with Crippen LogP contribution < -0.4 is 4.74 Å². The number of benzene rings is 1. The Morgan fingerprint density at radius 2 is 2.11 bits per heavy atom. The van der Waals surface area contributed by atoms with Crippen molar-refractivity contribution >= 4 is 11.6 Å². The molecular weight excluding hydrogens is 246 g/mol. The van der Waals surface area contributed by atoms with Gasteiger partial charge in [-0.1, -0.05) is 25.1 Å². The third-order valence-corrected chi connectivity index (χ3v) is 4.16. The van der Waals surface area contributed by atoms with Gasteiger partial charge in [-0.2, -0.15) is 0 Å². The fourth-order valence-corrected chi connectivity index (χ4v) is 2.58. The zero-order valence-corrected chi connectivity index (χ0v) is 11.8. The molecule has 2 atom stereocenters. The molecule has 2 rings (SSSR count). The fraction of sp³-hybridized carbons (Fsp3) is 0.600. The van der Waals surface area contributed by atoms with Gasteiger partial charge in [-0.25, -0.2) is 0 Å². The molecule has 1 saturated heterocycles. The quantitative estimate of drug-likeness (QED) is 0.599. The first-order valence-corrected chi connectivity index (χ1v) is 7.23. The number of alkyl halides is 1. The Bertz CT molecular complexity index is 344. The predicted molar refractivity (Wildman–Crippen MR) is 76.4 cm³/mol. The summed E-state index contributed by atoms with van der Waals surface area (Å²) in [4.78, 5) is 2.50. The second kappa shape index (κ2) is 7.01. The van der Waals surface area contributed by atoms with Gasteiger partial charge in [-0.15, -0.1) is 11.6 Å². The maximum absolute atomic E-state index is 6.22. The normalized spacial score (nSPS) is 25.0. The first-order chi connectivity index (χ1) is 8.75. The van der Waals surface area contributed by atoms with Crippen LogP contribution >= 0.6 is 11.6 Å². The second-order valence-corrected chi connectivity index (χ2v) is 5.66. The Morgan fingerprint density at radius 3 is 2.83 bits per heavy atom. The van der Waals surface area contributed by atoms with Gasteiger partial charge in [0, 0.05) is 18.5 Å². The smallest absolute Gasteiger partial charge is 0.119 e. The van der Waals surface area contributed by atoms with Crippen molar-refractivity contribution in [2.24, 2.45) is 5.92 Å². The Labute approximate surface area is 115 Å². The number of halogens is 1. The van der Waals surface area contributed by atoms with E-state index in [0.717, 1.165) is 44.8 Å². The third kappa shape index (κ3) is 4.18. The van der Waals surface area contributed by atoms with Gasteiger partial charge in [0.15, 0.2) is 0 Å². The van der Waals surface area contributed by atoms with Crippen molar-refractivity contribution in [1.82, 2.24) is 4.90 Å². The molecule has 1 aromatic rings. The number of para-hydroxylation sites is 1. The number of hydrogen-bond acceptors (Lipinski definition) is 2. The lowest BCUT2D eigenvalue weighted by atomic mass is 9.99. The summed E-state index contributed by atoms with van der Waals surface area (Å²) < 4.78 is 5.69. The summed E-state index contributed by atoms with van der Waals surface area (Å²) in [5.74, 6) is 1.57. The van der Waals surface area contributed by atoms with E-state index in [1.54, 1.807) is 0 Å². The molecule has 1 fully saturated rings. The molecule has 1 aromatic carbocycles. The van der Waals surface area contributed by atoms with Crippen LogP contribution in [-0.2, 0) is 0 Å². The Hall–Kier alpha value is -0.730. The van der Waals surface area contributed by atoms with Crippen molar-refractivity contribution in [3.63, 3.8) is 0 Å². The summed E-state index contributed by atoms with van der Waals surface area (Å²) in [7, 11) is 0. The van der Waals surface area contributed by atoms with Crippen LogP contribution in [0.4, 0.5) is 0 Å². The fourth-order valence-electron chi connectivity index (χ4n) is 2.40. The average Bonchev–Trinajstić information content (AvgIpc) is 2.40. The van der Waals surface area contributed by atoms with Crippen LogP contribution in [0.25, 0.3) is 0 Å². The summed E-state index contributed by atoms with van der Waals surface area (Å²) in [6, 6.07) is 10.0. The van der Waals surface area contributed by atoms with Crippen LogP contribution in [0.2, 0.25) is 0 Å². The summed E-state index contributed by atoms with van der Waals surface area (Å²) in [6.45, 7) is 6.40. The van der Waals surface area contributed by atoms with E-state index in [9.17, 15) is 0 Å². The van der Waals surface area contributed by atoms with Crippen LogP contribution in [0.1, 0.15) is 19.8 Å². The number of hydrogen-bond donors (Lipinski definition) is 0. The molecule has 0 N–H and O–H groups in total. The van der Waals surface area contributed by atoms with E-state index < -0.39 is 0 Å². The van der Waals surface area contributed by atoms with E-state index in [-0.39, 0.29) is 0 Å². The second-order valence-electron chi connectivity index (χ2n) is 5.10. The average molecular weight is 268 g/mol. The molecule has 18 heavy (non-hydrogen) atoms. The first-order valence-electron chi connectivity index (χ1n) is 6.80. The van der Waals surface area contributed by atoms with Crippen molar-refractivity contribution in [3.8, 4) is 5.75 Å². The maximum atomic E-state index is 6.22. The summed E-state index contributed by atoms with van der Waals surface area (Å²) in [6.07, 6.45) is 2.19. The number of rotatable bonds is 5. The highest BCUT2D eigenvalue weighted by Crippen LogP contribution is 2.21. The molecule has 2 unspecified atom stereocenters. The Kier molecular flexibility index (Phi) is 5.33. The van der Waals surface area contributed by atoms with Gasteiger partial charge in [0.1, 0.15) is 5.75 Å². The zero-order valence-electron chi connectivity index (χ0n) is 11.0. The monoisotopic (exact) mass is 267 g/mol. The molecular formula is C15H22ClNO. The highest BCUT2D eigenvalue weighted by Gasteiger charge is 2.23. The molecule has 3 heteroatoms. The van der Waals surface area contributed by atoms with E-state index in [2.05, 4.69) is 11.8 Å². The number of nitrogens with zero attached hydrogens (tertiary/aromatic N) is 1. The molecule has 1 aliphatic rings. The standard InChI is InChI=1S/C15H22ClNO/c1-13-12-17(10-8-15(13)16)9-5-11-18-14-6-3-2-4-7-14/h2-4,6-7,13,15H,5,8-12H2,1H3. The predicted octanol–water partition coefficient (Wildman–Crippen LogP) is 3.40. The molecule has 0 aliphatic carbocycles. The van der Waals surface area contributed by atoms with Crippen molar-refractivity contribution in [3.05, 3.63) is 30.3 Å². The molecule has 0 aromatic heterocycles. The van der Waals surface area contributed by atoms with E-state index in [1.165, 1.54) is 0 Å². The SMILES string of the molecule is CC1CN(CCCOc2ccccc2)CCC1Cl. The summed E-state index contributed by atoms with van der Waals surface area (Å²) >= 11 is 6.22. The van der Waals surface area contributed by atoms with Gasteiger partial charge >= 0.3 is 0 Å². The van der Waals surface area contributed by atoms with E-state index in [0.29, 0.717) is 11.3 Å². The first kappa shape index (κ1) is 13.7. The van der Waals surface area contributed by atoms with Crippen LogP contribution in [0, 0.1) is 5.92 Å². The van der Waals surface area contributed by atoms with Crippen LogP contribution in [0.3, 0.4) is 0 Å². The van der Waals surface area contributed by atoms with E-state index >= 15 is 0 Å². The lowest BCUT2D eigenvalue weighted by molar-refractivity contribution is 0.173. The molecule has 100 valence electrons. The van der Waals surface area contributed by atoms with Gasteiger partial charge in [0.05, 0.1) is 6.61 Å². The van der Waals surface area contributed by atoms with Crippen LogP contribution in [0.15, 0.2) is 30.3 Å². The third-order valence-electron chi connectivity index (χ3n) is 3.52. The number of likely N-dealkylation sites (tertiary alicyclic amines) is 1. The van der Waals surface area contributed by atoms with Gasteiger partial charge < -0.3 is 9.64 Å². The van der Waals surface area contributed by atoms with Crippen LogP contribution in [0.5, 0.6) is 5.75 Å². The van der Waals surface area contributed by atoms with Gasteiger partial charge in [-0.3, -0.25) is 0 Å². The largest absolute Gasteiger partial charge is 0.494 e. The lowest BCUT2D eigenvalue weighted by Crippen LogP contribution is -2.40. The van der Waals surface area contributed by atoms with Gasteiger partial charge in [0.2, 0.25) is 0 Å². The topological polar surface area (TPSA) is 12.5 Å². The highest BCUT2D eigenvalue weighted by atomic mass is 35.5. The molecule has 0 saturated carbocycles. The van der Waals surface area contributed by atoms with Gasteiger partial charge in [-0.05, 0) is 37.4 Å². The Morgan fingerprint density at radius 1 is 1.33 bits per heavy atom. The molecule has 0 spiro atoms. The minimum Gasteiger partial charge on any atom is -0.494 e. The summed E-state index contributed by atoms with van der Waals surface area (Å²) in [5, 5.41) is 0.363. The summed E-state index contributed by atoms with van der Waals surface area (Å²) in [5.41, 5.74) is 0. The van der Waals surface area contributed by atoms with Crippen LogP contribution in [-0.4, -0.2) is 36.5 Å². The molecule has 0 amide bonds. The maximum Gasteiger partial charge on any atom is 0.119 e.